The molecule has 1 aromatic carbocycles. The maximum atomic E-state index is 11.9. The van der Waals surface area contributed by atoms with E-state index < -0.39 is 6.09 Å². The molecule has 5 heteroatoms. The molecule has 0 bridgehead atoms. The summed E-state index contributed by atoms with van der Waals surface area (Å²) in [5.41, 5.74) is 1.48. The van der Waals surface area contributed by atoms with Crippen LogP contribution in [0.25, 0.3) is 0 Å². The second-order valence-corrected chi connectivity index (χ2v) is 4.37. The van der Waals surface area contributed by atoms with E-state index in [0.29, 0.717) is 5.75 Å². The van der Waals surface area contributed by atoms with Crippen molar-refractivity contribution in [1.82, 2.24) is 9.78 Å². The van der Waals surface area contributed by atoms with Crippen LogP contribution in [-0.4, -0.2) is 15.9 Å². The minimum Gasteiger partial charge on any atom is -0.409 e. The largest absolute Gasteiger partial charge is 0.440 e. The van der Waals surface area contributed by atoms with E-state index >= 15 is 0 Å². The van der Waals surface area contributed by atoms with E-state index in [1.54, 1.807) is 31.2 Å². The average molecular weight is 295 g/mol. The van der Waals surface area contributed by atoms with Crippen molar-refractivity contribution in [3.63, 3.8) is 0 Å². The molecule has 0 N–H and O–H groups in total. The van der Waals surface area contributed by atoms with Crippen LogP contribution in [0.2, 0.25) is 0 Å². The quantitative estimate of drug-likeness (QED) is 0.810. The molecule has 1 heterocycles. The van der Waals surface area contributed by atoms with Crippen molar-refractivity contribution in [2.45, 2.75) is 13.8 Å². The minimum atomic E-state index is -0.512. The highest BCUT2D eigenvalue weighted by molar-refractivity contribution is 9.10. The van der Waals surface area contributed by atoms with E-state index in [0.717, 1.165) is 15.9 Å². The second-order valence-electron chi connectivity index (χ2n) is 3.58. The lowest BCUT2D eigenvalue weighted by molar-refractivity contribution is 0.198. The van der Waals surface area contributed by atoms with Gasteiger partial charge in [-0.3, -0.25) is 0 Å². The molecule has 0 saturated carbocycles. The molecule has 0 aliphatic heterocycles. The Morgan fingerprint density at radius 1 is 1.29 bits per heavy atom. The van der Waals surface area contributed by atoms with Crippen molar-refractivity contribution in [3.05, 3.63) is 46.2 Å². The number of rotatable bonds is 1. The molecule has 17 heavy (non-hydrogen) atoms. The fourth-order valence-electron chi connectivity index (χ4n) is 1.43. The van der Waals surface area contributed by atoms with E-state index in [1.807, 2.05) is 13.0 Å². The summed E-state index contributed by atoms with van der Waals surface area (Å²) in [6, 6.07) is 8.91. The molecule has 2 rings (SSSR count). The van der Waals surface area contributed by atoms with Gasteiger partial charge < -0.3 is 4.74 Å². The van der Waals surface area contributed by atoms with Crippen LogP contribution in [0.3, 0.4) is 0 Å². The van der Waals surface area contributed by atoms with Gasteiger partial charge in [-0.15, -0.1) is 0 Å². The van der Waals surface area contributed by atoms with Crippen LogP contribution in [-0.2, 0) is 0 Å². The normalized spacial score (nSPS) is 10.3. The molecule has 1 aromatic heterocycles. The number of benzene rings is 1. The number of para-hydroxylation sites is 1. The molecule has 0 saturated heterocycles. The lowest BCUT2D eigenvalue weighted by atomic mass is 10.3. The molecule has 2 aromatic rings. The first kappa shape index (κ1) is 11.9. The van der Waals surface area contributed by atoms with Crippen molar-refractivity contribution < 1.29 is 9.53 Å². The standard InChI is InChI=1S/C12H11BrN2O2/c1-8-11(13)9(2)15(14-8)12(16)17-10-6-4-3-5-7-10/h3-7H,1-2H3. The zero-order chi connectivity index (χ0) is 12.4. The maximum absolute atomic E-state index is 11.9. The van der Waals surface area contributed by atoms with Gasteiger partial charge >= 0.3 is 6.09 Å². The van der Waals surface area contributed by atoms with Crippen molar-refractivity contribution in [3.8, 4) is 5.75 Å². The second kappa shape index (κ2) is 4.71. The van der Waals surface area contributed by atoms with Gasteiger partial charge in [0.25, 0.3) is 0 Å². The third kappa shape index (κ3) is 2.39. The fraction of sp³-hybridized carbons (Fsp3) is 0.167. The number of nitrogens with zero attached hydrogens (tertiary/aromatic N) is 2. The highest BCUT2D eigenvalue weighted by Crippen LogP contribution is 2.20. The van der Waals surface area contributed by atoms with Gasteiger partial charge in [0, 0.05) is 0 Å². The summed E-state index contributed by atoms with van der Waals surface area (Å²) in [6.45, 7) is 3.62. The van der Waals surface area contributed by atoms with E-state index in [2.05, 4.69) is 21.0 Å². The first-order chi connectivity index (χ1) is 8.09. The topological polar surface area (TPSA) is 44.1 Å². The molecule has 0 amide bonds. The highest BCUT2D eigenvalue weighted by Gasteiger charge is 2.16. The van der Waals surface area contributed by atoms with E-state index in [4.69, 9.17) is 4.74 Å². The zero-order valence-corrected chi connectivity index (χ0v) is 11.1. The number of halogens is 1. The van der Waals surface area contributed by atoms with Crippen LogP contribution in [0, 0.1) is 13.8 Å². The molecule has 0 aliphatic carbocycles. The Balaban J connectivity index is 2.24. The third-order valence-corrected chi connectivity index (χ3v) is 3.47. The summed E-state index contributed by atoms with van der Waals surface area (Å²) in [4.78, 5) is 11.9. The van der Waals surface area contributed by atoms with Gasteiger partial charge in [-0.2, -0.15) is 9.78 Å². The third-order valence-electron chi connectivity index (χ3n) is 2.32. The number of aryl methyl sites for hydroxylation is 1. The maximum Gasteiger partial charge on any atom is 0.440 e. The van der Waals surface area contributed by atoms with Crippen LogP contribution in [0.5, 0.6) is 5.75 Å². The molecule has 0 fully saturated rings. The highest BCUT2D eigenvalue weighted by atomic mass is 79.9. The monoisotopic (exact) mass is 294 g/mol. The van der Waals surface area contributed by atoms with Crippen LogP contribution >= 0.6 is 15.9 Å². The van der Waals surface area contributed by atoms with Gasteiger partial charge in [0.2, 0.25) is 0 Å². The van der Waals surface area contributed by atoms with Crippen molar-refractivity contribution in [2.75, 3.05) is 0 Å². The Hall–Kier alpha value is -1.62. The average Bonchev–Trinajstić information content (AvgIpc) is 2.58. The van der Waals surface area contributed by atoms with Crippen LogP contribution in [0.4, 0.5) is 4.79 Å². The summed E-state index contributed by atoms with van der Waals surface area (Å²) in [7, 11) is 0. The Morgan fingerprint density at radius 3 is 2.47 bits per heavy atom. The lowest BCUT2D eigenvalue weighted by Crippen LogP contribution is -2.19. The van der Waals surface area contributed by atoms with E-state index in [9.17, 15) is 4.79 Å². The SMILES string of the molecule is Cc1nn(C(=O)Oc2ccccc2)c(C)c1Br. The van der Waals surface area contributed by atoms with Gasteiger partial charge in [-0.1, -0.05) is 18.2 Å². The van der Waals surface area contributed by atoms with Crippen molar-refractivity contribution in [1.29, 1.82) is 0 Å². The zero-order valence-electron chi connectivity index (χ0n) is 9.48. The van der Waals surface area contributed by atoms with Crippen LogP contribution < -0.4 is 4.74 Å². The van der Waals surface area contributed by atoms with E-state index in [1.165, 1.54) is 4.68 Å². The van der Waals surface area contributed by atoms with Gasteiger partial charge in [0.15, 0.2) is 0 Å². The molecule has 0 atom stereocenters. The summed E-state index contributed by atoms with van der Waals surface area (Å²) in [5, 5.41) is 4.10. The minimum absolute atomic E-state index is 0.501. The molecule has 0 radical (unpaired) electrons. The predicted octanol–water partition coefficient (Wildman–Crippen LogP) is 3.31. The molecular formula is C12H11BrN2O2. The molecule has 0 unspecified atom stereocenters. The number of hydrogen-bond acceptors (Lipinski definition) is 3. The van der Waals surface area contributed by atoms with Gasteiger partial charge in [-0.25, -0.2) is 4.79 Å². The van der Waals surface area contributed by atoms with Crippen molar-refractivity contribution >= 4 is 22.0 Å². The first-order valence-electron chi connectivity index (χ1n) is 5.08. The smallest absolute Gasteiger partial charge is 0.409 e. The van der Waals surface area contributed by atoms with E-state index in [-0.39, 0.29) is 0 Å². The number of carbonyl (C=O) groups is 1. The number of ether oxygens (including phenoxy) is 1. The number of carbonyl (C=O) groups excluding carboxylic acids is 1. The lowest BCUT2D eigenvalue weighted by Gasteiger charge is -2.04. The van der Waals surface area contributed by atoms with Gasteiger partial charge in [-0.05, 0) is 41.9 Å². The number of aromatic nitrogens is 2. The first-order valence-corrected chi connectivity index (χ1v) is 5.88. The summed E-state index contributed by atoms with van der Waals surface area (Å²) in [6.07, 6.45) is -0.512. The van der Waals surface area contributed by atoms with Crippen LogP contribution in [0.1, 0.15) is 11.4 Å². The Kier molecular flexibility index (Phi) is 3.28. The molecule has 4 nitrogen and oxygen atoms in total. The molecule has 0 aliphatic rings. The van der Waals surface area contributed by atoms with Crippen LogP contribution in [0.15, 0.2) is 34.8 Å². The molecule has 0 spiro atoms. The Morgan fingerprint density at radius 2 is 1.94 bits per heavy atom. The summed E-state index contributed by atoms with van der Waals surface area (Å²) >= 11 is 3.36. The molecule has 88 valence electrons. The Bertz CT molecular complexity index is 549. The fourth-order valence-corrected chi connectivity index (χ4v) is 1.68. The van der Waals surface area contributed by atoms with Gasteiger partial charge in [0.05, 0.1) is 15.9 Å². The molecular weight excluding hydrogens is 284 g/mol. The summed E-state index contributed by atoms with van der Waals surface area (Å²) in [5.74, 6) is 0.501. The van der Waals surface area contributed by atoms with Crippen molar-refractivity contribution in [2.24, 2.45) is 0 Å². The number of hydrogen-bond donors (Lipinski definition) is 0. The summed E-state index contributed by atoms with van der Waals surface area (Å²) < 4.78 is 7.25. The predicted molar refractivity (Wildman–Crippen MR) is 67.3 cm³/mol. The van der Waals surface area contributed by atoms with Gasteiger partial charge in [0.1, 0.15) is 5.75 Å². The Labute approximate surface area is 107 Å².